The molecule has 1 rings (SSSR count). The van der Waals surface area contributed by atoms with Gasteiger partial charge >= 0.3 is 0 Å². The van der Waals surface area contributed by atoms with E-state index in [0.29, 0.717) is 0 Å². The summed E-state index contributed by atoms with van der Waals surface area (Å²) in [7, 11) is 2.34. The molecule has 22 heavy (non-hydrogen) atoms. The zero-order chi connectivity index (χ0) is 16.6. The average molecular weight is 311 g/mol. The molecule has 1 fully saturated rings. The van der Waals surface area contributed by atoms with E-state index >= 15 is 0 Å². The van der Waals surface area contributed by atoms with Crippen LogP contribution in [-0.2, 0) is 0 Å². The summed E-state index contributed by atoms with van der Waals surface area (Å²) in [4.78, 5) is 2.63. The van der Waals surface area contributed by atoms with Crippen molar-refractivity contribution in [2.75, 3.05) is 13.6 Å². The van der Waals surface area contributed by atoms with Crippen LogP contribution in [0.25, 0.3) is 0 Å². The first-order valence-electron chi connectivity index (χ1n) is 9.75. The third kappa shape index (κ3) is 7.97. The molecule has 0 aromatic heterocycles. The summed E-state index contributed by atoms with van der Waals surface area (Å²) in [5.41, 5.74) is 0.528. The van der Waals surface area contributed by atoms with E-state index in [-0.39, 0.29) is 11.1 Å². The largest absolute Gasteiger partial charge is 0.307 e. The minimum absolute atomic E-state index is 0.264. The summed E-state index contributed by atoms with van der Waals surface area (Å²) in [5, 5.41) is 3.79. The first-order valence-corrected chi connectivity index (χ1v) is 9.75. The molecule has 132 valence electrons. The lowest BCUT2D eigenvalue weighted by Gasteiger charge is -2.49. The summed E-state index contributed by atoms with van der Waals surface area (Å²) < 4.78 is 0. The fourth-order valence-electron chi connectivity index (χ4n) is 4.26. The quantitative estimate of drug-likeness (QED) is 0.546. The molecule has 0 aromatic rings. The molecule has 1 aliphatic rings. The Morgan fingerprint density at radius 1 is 0.818 bits per heavy atom. The van der Waals surface area contributed by atoms with Crippen molar-refractivity contribution in [3.8, 4) is 0 Å². The predicted octanol–water partition coefficient (Wildman–Crippen LogP) is 5.37. The predicted molar refractivity (Wildman–Crippen MR) is 99.6 cm³/mol. The zero-order valence-corrected chi connectivity index (χ0v) is 16.3. The van der Waals surface area contributed by atoms with Crippen molar-refractivity contribution < 1.29 is 0 Å². The number of nitrogens with one attached hydrogen (secondary N) is 1. The molecular formula is C20H42N2. The van der Waals surface area contributed by atoms with Gasteiger partial charge in [-0.2, -0.15) is 0 Å². The maximum Gasteiger partial charge on any atom is 0.0145 e. The van der Waals surface area contributed by atoms with Gasteiger partial charge in [0.25, 0.3) is 0 Å². The number of hydrogen-bond acceptors (Lipinski definition) is 2. The van der Waals surface area contributed by atoms with Gasteiger partial charge in [-0.3, -0.25) is 0 Å². The van der Waals surface area contributed by atoms with Crippen molar-refractivity contribution in [3.05, 3.63) is 0 Å². The van der Waals surface area contributed by atoms with Gasteiger partial charge in [0.15, 0.2) is 0 Å². The Morgan fingerprint density at radius 3 is 1.77 bits per heavy atom. The molecule has 0 aromatic carbocycles. The Labute approximate surface area is 140 Å². The minimum atomic E-state index is 0.264. The molecule has 2 heteroatoms. The first-order chi connectivity index (χ1) is 10.3. The Bertz CT molecular complexity index is 280. The second kappa shape index (κ2) is 9.27. The van der Waals surface area contributed by atoms with Crippen LogP contribution in [0.5, 0.6) is 0 Å². The maximum atomic E-state index is 3.79. The van der Waals surface area contributed by atoms with Gasteiger partial charge in [-0.25, -0.2) is 0 Å². The summed E-state index contributed by atoms with van der Waals surface area (Å²) in [6.07, 6.45) is 13.9. The van der Waals surface area contributed by atoms with E-state index in [9.17, 15) is 0 Å². The first kappa shape index (κ1) is 20.0. The lowest BCUT2D eigenvalue weighted by Crippen LogP contribution is -2.61. The molecule has 1 aliphatic heterocycles. The lowest BCUT2D eigenvalue weighted by molar-refractivity contribution is 0.0806. The maximum absolute atomic E-state index is 3.79. The van der Waals surface area contributed by atoms with Crippen molar-refractivity contribution in [1.29, 1.82) is 0 Å². The summed E-state index contributed by atoms with van der Waals surface area (Å²) in [5.74, 6) is 0. The molecule has 0 unspecified atom stereocenters. The molecule has 0 saturated carbocycles. The fourth-order valence-corrected chi connectivity index (χ4v) is 4.26. The van der Waals surface area contributed by atoms with Crippen LogP contribution >= 0.6 is 0 Å². The Balaban J connectivity index is 2.18. The molecule has 0 atom stereocenters. The van der Waals surface area contributed by atoms with Crippen molar-refractivity contribution in [3.63, 3.8) is 0 Å². The number of nitrogens with zero attached hydrogens (tertiary/aromatic N) is 1. The van der Waals surface area contributed by atoms with Crippen molar-refractivity contribution >= 4 is 0 Å². The fraction of sp³-hybridized carbons (Fsp3) is 1.00. The van der Waals surface area contributed by atoms with Crippen LogP contribution in [0.4, 0.5) is 0 Å². The van der Waals surface area contributed by atoms with E-state index < -0.39 is 0 Å². The van der Waals surface area contributed by atoms with E-state index in [1.165, 1.54) is 70.8 Å². The van der Waals surface area contributed by atoms with Crippen molar-refractivity contribution in [2.24, 2.45) is 0 Å². The van der Waals surface area contributed by atoms with Gasteiger partial charge in [0, 0.05) is 17.1 Å². The standard InChI is InChI=1S/C20H42N2/c1-7-8-9-10-11-12-13-14-15-22(6)18-16-19(2,3)21-20(4,5)17-18/h18,21H,7-17H2,1-6H3. The van der Waals surface area contributed by atoms with Crippen LogP contribution in [0, 0.1) is 0 Å². The Kier molecular flexibility index (Phi) is 8.42. The highest BCUT2D eigenvalue weighted by molar-refractivity contribution is 4.99. The van der Waals surface area contributed by atoms with Crippen molar-refractivity contribution in [2.45, 2.75) is 116 Å². The van der Waals surface area contributed by atoms with Gasteiger partial charge < -0.3 is 10.2 Å². The number of unbranched alkanes of at least 4 members (excludes halogenated alkanes) is 7. The van der Waals surface area contributed by atoms with Gasteiger partial charge in [0.1, 0.15) is 0 Å². The minimum Gasteiger partial charge on any atom is -0.307 e. The Morgan fingerprint density at radius 2 is 1.27 bits per heavy atom. The van der Waals surface area contributed by atoms with Gasteiger partial charge in [-0.05, 0) is 60.5 Å². The Hall–Kier alpha value is -0.0800. The molecule has 2 nitrogen and oxygen atoms in total. The topological polar surface area (TPSA) is 15.3 Å². The number of rotatable bonds is 10. The number of hydrogen-bond donors (Lipinski definition) is 1. The van der Waals surface area contributed by atoms with Gasteiger partial charge in [-0.1, -0.05) is 51.9 Å². The second-order valence-corrected chi connectivity index (χ2v) is 8.91. The highest BCUT2D eigenvalue weighted by Crippen LogP contribution is 2.31. The smallest absolute Gasteiger partial charge is 0.0145 e. The van der Waals surface area contributed by atoms with Crippen LogP contribution in [0.2, 0.25) is 0 Å². The van der Waals surface area contributed by atoms with E-state index in [1.54, 1.807) is 0 Å². The van der Waals surface area contributed by atoms with Crippen LogP contribution in [-0.4, -0.2) is 35.6 Å². The van der Waals surface area contributed by atoms with Gasteiger partial charge in [-0.15, -0.1) is 0 Å². The molecule has 0 amide bonds. The summed E-state index contributed by atoms with van der Waals surface area (Å²) in [6.45, 7) is 13.0. The molecular weight excluding hydrogens is 268 g/mol. The molecule has 1 heterocycles. The molecule has 0 bridgehead atoms. The normalized spacial score (nSPS) is 21.4. The third-order valence-corrected chi connectivity index (χ3v) is 5.16. The van der Waals surface area contributed by atoms with Crippen LogP contribution in [0.15, 0.2) is 0 Å². The molecule has 0 aliphatic carbocycles. The third-order valence-electron chi connectivity index (χ3n) is 5.16. The van der Waals surface area contributed by atoms with Gasteiger partial charge in [0.05, 0.1) is 0 Å². The summed E-state index contributed by atoms with van der Waals surface area (Å²) in [6, 6.07) is 0.732. The van der Waals surface area contributed by atoms with Crippen LogP contribution < -0.4 is 5.32 Å². The van der Waals surface area contributed by atoms with Crippen LogP contribution in [0.1, 0.15) is 98.8 Å². The highest BCUT2D eigenvalue weighted by Gasteiger charge is 2.38. The number of piperidine rings is 1. The SMILES string of the molecule is CCCCCCCCCCN(C)C1CC(C)(C)NC(C)(C)C1. The van der Waals surface area contributed by atoms with E-state index in [2.05, 4.69) is 51.9 Å². The monoisotopic (exact) mass is 310 g/mol. The van der Waals surface area contributed by atoms with Gasteiger partial charge in [0.2, 0.25) is 0 Å². The highest BCUT2D eigenvalue weighted by atomic mass is 15.2. The van der Waals surface area contributed by atoms with Crippen LogP contribution in [0.3, 0.4) is 0 Å². The molecule has 1 saturated heterocycles. The average Bonchev–Trinajstić information content (AvgIpc) is 2.38. The van der Waals surface area contributed by atoms with Crippen molar-refractivity contribution in [1.82, 2.24) is 10.2 Å². The molecule has 1 N–H and O–H groups in total. The zero-order valence-electron chi connectivity index (χ0n) is 16.3. The molecule has 0 spiro atoms. The molecule has 0 radical (unpaired) electrons. The summed E-state index contributed by atoms with van der Waals surface area (Å²) >= 11 is 0. The second-order valence-electron chi connectivity index (χ2n) is 8.91. The van der Waals surface area contributed by atoms with E-state index in [0.717, 1.165) is 6.04 Å². The van der Waals surface area contributed by atoms with E-state index in [4.69, 9.17) is 0 Å². The lowest BCUT2D eigenvalue weighted by atomic mass is 9.79. The van der Waals surface area contributed by atoms with E-state index in [1.807, 2.05) is 0 Å².